The zero-order valence-electron chi connectivity index (χ0n) is 19.9. The first-order valence-corrected chi connectivity index (χ1v) is 12.1. The van der Waals surface area contributed by atoms with Crippen LogP contribution < -0.4 is 10.6 Å². The molecule has 186 valence electrons. The van der Waals surface area contributed by atoms with Crippen molar-refractivity contribution >= 4 is 18.0 Å². The van der Waals surface area contributed by atoms with Crippen LogP contribution in [0.1, 0.15) is 42.7 Å². The Bertz CT molecular complexity index is 1030. The topological polar surface area (TPSA) is 114 Å². The van der Waals surface area contributed by atoms with Crippen LogP contribution in [0.15, 0.2) is 48.5 Å². The number of carboxylic acid groups (broad SMARTS) is 1. The van der Waals surface area contributed by atoms with Gasteiger partial charge in [-0.25, -0.2) is 4.79 Å². The summed E-state index contributed by atoms with van der Waals surface area (Å²) in [5, 5.41) is 14.8. The van der Waals surface area contributed by atoms with Crippen LogP contribution in [-0.4, -0.2) is 56.0 Å². The molecule has 3 N–H and O–H groups in total. The highest BCUT2D eigenvalue weighted by molar-refractivity contribution is 5.81. The summed E-state index contributed by atoms with van der Waals surface area (Å²) in [6.45, 7) is 0.749. The third kappa shape index (κ3) is 5.65. The van der Waals surface area contributed by atoms with Crippen molar-refractivity contribution in [2.45, 2.75) is 37.7 Å². The molecule has 1 unspecified atom stereocenters. The van der Waals surface area contributed by atoms with Gasteiger partial charge in [0, 0.05) is 32.5 Å². The second kappa shape index (κ2) is 11.4. The fraction of sp³-hybridized carbons (Fsp3) is 0.444. The number of hydrogen-bond donors (Lipinski definition) is 3. The van der Waals surface area contributed by atoms with E-state index >= 15 is 0 Å². The van der Waals surface area contributed by atoms with E-state index in [2.05, 4.69) is 34.9 Å². The summed E-state index contributed by atoms with van der Waals surface area (Å²) in [4.78, 5) is 36.1. The first-order valence-electron chi connectivity index (χ1n) is 12.1. The van der Waals surface area contributed by atoms with Gasteiger partial charge >= 0.3 is 12.1 Å². The Morgan fingerprint density at radius 3 is 2.29 bits per heavy atom. The highest BCUT2D eigenvalue weighted by atomic mass is 16.5. The van der Waals surface area contributed by atoms with E-state index in [1.165, 1.54) is 18.2 Å². The number of carbonyl (C=O) groups excluding carboxylic acids is 2. The van der Waals surface area contributed by atoms with E-state index in [-0.39, 0.29) is 37.3 Å². The van der Waals surface area contributed by atoms with Crippen molar-refractivity contribution in [1.29, 1.82) is 0 Å². The lowest BCUT2D eigenvalue weighted by Gasteiger charge is -2.20. The minimum atomic E-state index is -0.808. The Morgan fingerprint density at radius 2 is 1.66 bits per heavy atom. The quantitative estimate of drug-likeness (QED) is 0.479. The summed E-state index contributed by atoms with van der Waals surface area (Å²) in [6, 6.07) is 16.3. The molecule has 0 spiro atoms. The van der Waals surface area contributed by atoms with Crippen LogP contribution in [0.5, 0.6) is 0 Å². The van der Waals surface area contributed by atoms with E-state index in [0.717, 1.165) is 24.0 Å². The molecular formula is C27H32N2O6. The van der Waals surface area contributed by atoms with Crippen molar-refractivity contribution in [2.24, 2.45) is 11.8 Å². The van der Waals surface area contributed by atoms with E-state index in [9.17, 15) is 19.5 Å². The largest absolute Gasteiger partial charge is 0.481 e. The summed E-state index contributed by atoms with van der Waals surface area (Å²) >= 11 is 0. The van der Waals surface area contributed by atoms with Gasteiger partial charge in [0.1, 0.15) is 12.7 Å². The third-order valence-corrected chi connectivity index (χ3v) is 7.11. The van der Waals surface area contributed by atoms with Gasteiger partial charge in [-0.05, 0) is 41.0 Å². The van der Waals surface area contributed by atoms with Gasteiger partial charge < -0.3 is 25.2 Å². The maximum atomic E-state index is 12.5. The number of aliphatic carboxylic acids is 1. The molecule has 2 aliphatic carbocycles. The molecule has 8 heteroatoms. The Labute approximate surface area is 205 Å². The van der Waals surface area contributed by atoms with E-state index < -0.39 is 24.1 Å². The summed E-state index contributed by atoms with van der Waals surface area (Å²) in [5.74, 6) is -1.61. The molecule has 2 aliphatic rings. The smallest absolute Gasteiger partial charge is 0.407 e. The van der Waals surface area contributed by atoms with Crippen LogP contribution >= 0.6 is 0 Å². The highest BCUT2D eigenvalue weighted by Crippen LogP contribution is 2.44. The van der Waals surface area contributed by atoms with Crippen molar-refractivity contribution in [1.82, 2.24) is 10.6 Å². The van der Waals surface area contributed by atoms with E-state index in [0.29, 0.717) is 13.0 Å². The molecule has 0 aliphatic heterocycles. The van der Waals surface area contributed by atoms with Gasteiger partial charge in [-0.3, -0.25) is 9.59 Å². The van der Waals surface area contributed by atoms with Crippen molar-refractivity contribution in [3.63, 3.8) is 0 Å². The molecule has 4 rings (SSSR count). The maximum Gasteiger partial charge on any atom is 0.407 e. The van der Waals surface area contributed by atoms with Gasteiger partial charge in [-0.1, -0.05) is 55.0 Å². The molecular weight excluding hydrogens is 448 g/mol. The Morgan fingerprint density at radius 1 is 1.00 bits per heavy atom. The molecule has 35 heavy (non-hydrogen) atoms. The maximum absolute atomic E-state index is 12.5. The monoisotopic (exact) mass is 480 g/mol. The van der Waals surface area contributed by atoms with E-state index in [4.69, 9.17) is 9.47 Å². The van der Waals surface area contributed by atoms with Crippen molar-refractivity contribution in [3.05, 3.63) is 59.7 Å². The van der Waals surface area contributed by atoms with Crippen LogP contribution in [0.2, 0.25) is 0 Å². The lowest BCUT2D eigenvalue weighted by atomic mass is 9.96. The molecule has 3 atom stereocenters. The molecule has 2 amide bonds. The lowest BCUT2D eigenvalue weighted by molar-refractivity contribution is -0.143. The molecule has 0 bridgehead atoms. The number of amides is 2. The molecule has 8 nitrogen and oxygen atoms in total. The fourth-order valence-electron chi connectivity index (χ4n) is 5.26. The number of methoxy groups -OCH3 is 1. The number of nitrogens with one attached hydrogen (secondary N) is 2. The average molecular weight is 481 g/mol. The van der Waals surface area contributed by atoms with Gasteiger partial charge in [0.15, 0.2) is 0 Å². The zero-order valence-corrected chi connectivity index (χ0v) is 19.9. The predicted molar refractivity (Wildman–Crippen MR) is 130 cm³/mol. The average Bonchev–Trinajstić information content (AvgIpc) is 3.47. The number of hydrogen-bond acceptors (Lipinski definition) is 5. The normalized spacial score (nSPS) is 19.5. The minimum Gasteiger partial charge on any atom is -0.481 e. The second-order valence-electron chi connectivity index (χ2n) is 9.15. The molecule has 2 aromatic carbocycles. The van der Waals surface area contributed by atoms with Crippen LogP contribution in [0.3, 0.4) is 0 Å². The van der Waals surface area contributed by atoms with Gasteiger partial charge in [0.2, 0.25) is 5.91 Å². The number of ether oxygens (including phenoxy) is 2. The van der Waals surface area contributed by atoms with E-state index in [1.807, 2.05) is 24.3 Å². The zero-order chi connectivity index (χ0) is 24.8. The first-order chi connectivity index (χ1) is 17.0. The van der Waals surface area contributed by atoms with E-state index in [1.54, 1.807) is 0 Å². The summed E-state index contributed by atoms with van der Waals surface area (Å²) < 4.78 is 10.8. The predicted octanol–water partition coefficient (Wildman–Crippen LogP) is 3.55. The standard InChI is InChI=1S/C27H32N2O6/c1-34-24(25(30)29-15-17-7-6-12-18(17)26(31)32)13-14-28-27(33)35-16-23-21-10-4-2-8-19(21)20-9-3-5-11-22(20)23/h2-5,8-11,17-18,23-24H,6-7,12-16H2,1H3,(H,28,33)(H,29,30)(H,31,32)/t17-,18-,24?/m0/s1. The lowest BCUT2D eigenvalue weighted by Crippen LogP contribution is -2.41. The van der Waals surface area contributed by atoms with Crippen molar-refractivity contribution < 1.29 is 29.0 Å². The van der Waals surface area contributed by atoms with Crippen LogP contribution in [-0.2, 0) is 19.1 Å². The van der Waals surface area contributed by atoms with Gasteiger partial charge in [0.05, 0.1) is 5.92 Å². The van der Waals surface area contributed by atoms with Gasteiger partial charge in [0.25, 0.3) is 0 Å². The summed E-state index contributed by atoms with van der Waals surface area (Å²) in [6.07, 6.45) is 1.28. The number of rotatable bonds is 10. The molecule has 0 saturated heterocycles. The second-order valence-corrected chi connectivity index (χ2v) is 9.15. The van der Waals surface area contributed by atoms with Gasteiger partial charge in [-0.2, -0.15) is 0 Å². The van der Waals surface area contributed by atoms with Crippen LogP contribution in [0, 0.1) is 11.8 Å². The number of benzene rings is 2. The highest BCUT2D eigenvalue weighted by Gasteiger charge is 2.33. The van der Waals surface area contributed by atoms with Crippen molar-refractivity contribution in [3.8, 4) is 11.1 Å². The molecule has 0 heterocycles. The van der Waals surface area contributed by atoms with Crippen LogP contribution in [0.25, 0.3) is 11.1 Å². The molecule has 0 radical (unpaired) electrons. The molecule has 1 fully saturated rings. The Kier molecular flexibility index (Phi) is 8.02. The molecule has 2 aromatic rings. The number of fused-ring (bicyclic) bond motifs is 3. The number of carbonyl (C=O) groups is 3. The Hall–Kier alpha value is -3.39. The Balaban J connectivity index is 1.22. The van der Waals surface area contributed by atoms with Gasteiger partial charge in [-0.15, -0.1) is 0 Å². The van der Waals surface area contributed by atoms with Crippen LogP contribution in [0.4, 0.5) is 4.79 Å². The van der Waals surface area contributed by atoms with Crippen molar-refractivity contribution in [2.75, 3.05) is 26.8 Å². The number of carboxylic acids is 1. The third-order valence-electron chi connectivity index (χ3n) is 7.11. The minimum absolute atomic E-state index is 0.0177. The SMILES string of the molecule is COC(CCNC(=O)OCC1c2ccccc2-c2ccccc21)C(=O)NC[C@@H]1CCC[C@@H]1C(=O)O. The summed E-state index contributed by atoms with van der Waals surface area (Å²) in [7, 11) is 1.44. The fourth-order valence-corrected chi connectivity index (χ4v) is 5.26. The molecule has 0 aromatic heterocycles. The molecule has 1 saturated carbocycles. The first kappa shape index (κ1) is 24.7. The summed E-state index contributed by atoms with van der Waals surface area (Å²) in [5.41, 5.74) is 4.62. The number of alkyl carbamates (subject to hydrolysis) is 1.